The number of carbonyl (C=O) groups is 1. The molecule has 5 heteroatoms. The molecule has 0 heterocycles. The van der Waals surface area contributed by atoms with Gasteiger partial charge in [-0.2, -0.15) is 0 Å². The number of rotatable bonds is 3. The second kappa shape index (κ2) is 5.51. The van der Waals surface area contributed by atoms with Crippen molar-refractivity contribution in [3.8, 4) is 0 Å². The molecule has 16 heavy (non-hydrogen) atoms. The van der Waals surface area contributed by atoms with Crippen molar-refractivity contribution in [3.05, 3.63) is 34.6 Å². The van der Waals surface area contributed by atoms with E-state index in [9.17, 15) is 9.18 Å². The van der Waals surface area contributed by atoms with Gasteiger partial charge in [0.25, 0.3) is 0 Å². The number of benzene rings is 1. The summed E-state index contributed by atoms with van der Waals surface area (Å²) in [6, 6.07) is 4.07. The predicted molar refractivity (Wildman–Crippen MR) is 63.3 cm³/mol. The highest BCUT2D eigenvalue weighted by Gasteiger charge is 2.19. The van der Waals surface area contributed by atoms with Crippen molar-refractivity contribution in [2.75, 3.05) is 0 Å². The second-order valence-corrected chi connectivity index (χ2v) is 4.54. The molecule has 0 radical (unpaired) electrons. The van der Waals surface area contributed by atoms with E-state index in [0.29, 0.717) is 5.56 Å². The van der Waals surface area contributed by atoms with Gasteiger partial charge in [-0.1, -0.05) is 17.7 Å². The number of alkyl halides is 1. The molecule has 88 valence electrons. The third-order valence-electron chi connectivity index (χ3n) is 1.90. The summed E-state index contributed by atoms with van der Waals surface area (Å²) in [5, 5.41) is 1.75. The first-order valence-corrected chi connectivity index (χ1v) is 5.62. The largest absolute Gasteiger partial charge is 0.352 e. The Hall–Kier alpha value is -0.800. The zero-order valence-electron chi connectivity index (χ0n) is 8.93. The first kappa shape index (κ1) is 13.3. The summed E-state index contributed by atoms with van der Waals surface area (Å²) in [4.78, 5) is 11.6. The molecule has 1 rings (SSSR count). The van der Waals surface area contributed by atoms with Crippen molar-refractivity contribution in [1.82, 2.24) is 5.32 Å². The molecule has 1 unspecified atom stereocenters. The van der Waals surface area contributed by atoms with Crippen LogP contribution >= 0.6 is 23.2 Å². The van der Waals surface area contributed by atoms with Gasteiger partial charge < -0.3 is 5.32 Å². The number of amides is 1. The molecule has 0 aliphatic heterocycles. The van der Waals surface area contributed by atoms with E-state index in [0.717, 1.165) is 0 Å². The van der Waals surface area contributed by atoms with Gasteiger partial charge in [-0.25, -0.2) is 4.39 Å². The summed E-state index contributed by atoms with van der Waals surface area (Å²) in [5.74, 6) is -0.930. The zero-order valence-corrected chi connectivity index (χ0v) is 10.4. The quantitative estimate of drug-likeness (QED) is 0.834. The highest BCUT2D eigenvalue weighted by atomic mass is 35.5. The maximum Gasteiger partial charge on any atom is 0.242 e. The van der Waals surface area contributed by atoms with Crippen LogP contribution in [0.25, 0.3) is 0 Å². The molecule has 1 amide bonds. The molecule has 1 N–H and O–H groups in total. The SMILES string of the molecule is CC(C)NC(=O)C(Cl)c1ccc(Cl)c(F)c1. The van der Waals surface area contributed by atoms with Crippen LogP contribution in [-0.2, 0) is 4.79 Å². The smallest absolute Gasteiger partial charge is 0.242 e. The Bertz CT molecular complexity index is 396. The van der Waals surface area contributed by atoms with Crippen molar-refractivity contribution < 1.29 is 9.18 Å². The lowest BCUT2D eigenvalue weighted by Gasteiger charge is -2.13. The standard InChI is InChI=1S/C11H12Cl2FNO/c1-6(2)15-11(16)10(13)7-3-4-8(12)9(14)5-7/h3-6,10H,1-2H3,(H,15,16). The van der Waals surface area contributed by atoms with Crippen LogP contribution in [0.1, 0.15) is 24.8 Å². The van der Waals surface area contributed by atoms with Gasteiger partial charge in [-0.05, 0) is 31.5 Å². The average Bonchev–Trinajstić information content (AvgIpc) is 2.20. The van der Waals surface area contributed by atoms with E-state index in [4.69, 9.17) is 23.2 Å². The van der Waals surface area contributed by atoms with Crippen LogP contribution in [0.4, 0.5) is 4.39 Å². The van der Waals surface area contributed by atoms with E-state index < -0.39 is 11.2 Å². The summed E-state index contributed by atoms with van der Waals surface area (Å²) < 4.78 is 13.1. The van der Waals surface area contributed by atoms with Gasteiger partial charge in [0.1, 0.15) is 11.2 Å². The van der Waals surface area contributed by atoms with Gasteiger partial charge in [0.2, 0.25) is 5.91 Å². The van der Waals surface area contributed by atoms with E-state index in [1.54, 1.807) is 0 Å². The Morgan fingerprint density at radius 1 is 1.44 bits per heavy atom. The van der Waals surface area contributed by atoms with Crippen molar-refractivity contribution in [1.29, 1.82) is 0 Å². The topological polar surface area (TPSA) is 29.1 Å². The summed E-state index contributed by atoms with van der Waals surface area (Å²) in [6.45, 7) is 3.65. The predicted octanol–water partition coefficient (Wildman–Crippen LogP) is 3.28. The maximum atomic E-state index is 13.1. The Balaban J connectivity index is 2.83. The molecule has 1 aromatic carbocycles. The Kier molecular flexibility index (Phi) is 4.56. The first-order chi connectivity index (χ1) is 7.41. The average molecular weight is 264 g/mol. The van der Waals surface area contributed by atoms with Crippen LogP contribution in [0.15, 0.2) is 18.2 Å². The molecule has 1 atom stereocenters. The van der Waals surface area contributed by atoms with Gasteiger partial charge in [0, 0.05) is 6.04 Å². The lowest BCUT2D eigenvalue weighted by atomic mass is 10.1. The third-order valence-corrected chi connectivity index (χ3v) is 2.65. The van der Waals surface area contributed by atoms with Gasteiger partial charge in [-0.15, -0.1) is 11.6 Å². The first-order valence-electron chi connectivity index (χ1n) is 4.81. The van der Waals surface area contributed by atoms with Gasteiger partial charge in [0.15, 0.2) is 0 Å². The molecule has 0 aliphatic rings. The molecular weight excluding hydrogens is 252 g/mol. The minimum atomic E-state index is -0.908. The molecule has 2 nitrogen and oxygen atoms in total. The van der Waals surface area contributed by atoms with E-state index >= 15 is 0 Å². The van der Waals surface area contributed by atoms with Gasteiger partial charge in [0.05, 0.1) is 5.02 Å². The molecule has 0 spiro atoms. The lowest BCUT2D eigenvalue weighted by Crippen LogP contribution is -2.32. The summed E-state index contributed by atoms with van der Waals surface area (Å²) >= 11 is 11.4. The zero-order chi connectivity index (χ0) is 12.3. The Morgan fingerprint density at radius 3 is 2.56 bits per heavy atom. The van der Waals surface area contributed by atoms with Crippen molar-refractivity contribution >= 4 is 29.1 Å². The number of halogens is 3. The second-order valence-electron chi connectivity index (χ2n) is 3.70. The summed E-state index contributed by atoms with van der Waals surface area (Å²) in [5.41, 5.74) is 0.390. The van der Waals surface area contributed by atoms with Crippen LogP contribution in [0.5, 0.6) is 0 Å². The van der Waals surface area contributed by atoms with Crippen molar-refractivity contribution in [3.63, 3.8) is 0 Å². The highest BCUT2D eigenvalue weighted by molar-refractivity contribution is 6.31. The maximum absolute atomic E-state index is 13.1. The fraction of sp³-hybridized carbons (Fsp3) is 0.364. The Labute approximate surface area is 104 Å². The molecule has 0 saturated heterocycles. The molecular formula is C11H12Cl2FNO. The van der Waals surface area contributed by atoms with E-state index in [1.807, 2.05) is 13.8 Å². The summed E-state index contributed by atoms with van der Waals surface area (Å²) in [7, 11) is 0. The minimum absolute atomic E-state index is 0.00843. The monoisotopic (exact) mass is 263 g/mol. The molecule has 0 aromatic heterocycles. The van der Waals surface area contributed by atoms with Crippen LogP contribution in [-0.4, -0.2) is 11.9 Å². The fourth-order valence-corrected chi connectivity index (χ4v) is 1.50. The van der Waals surface area contributed by atoms with Crippen LogP contribution in [0, 0.1) is 5.82 Å². The van der Waals surface area contributed by atoms with E-state index in [2.05, 4.69) is 5.32 Å². The summed E-state index contributed by atoms with van der Waals surface area (Å²) in [6.07, 6.45) is 0. The normalized spacial score (nSPS) is 12.6. The number of hydrogen-bond acceptors (Lipinski definition) is 1. The third kappa shape index (κ3) is 3.35. The molecule has 0 saturated carbocycles. The van der Waals surface area contributed by atoms with E-state index in [1.165, 1.54) is 18.2 Å². The molecule has 1 aromatic rings. The number of carbonyl (C=O) groups excluding carboxylic acids is 1. The van der Waals surface area contributed by atoms with E-state index in [-0.39, 0.29) is 17.0 Å². The van der Waals surface area contributed by atoms with Crippen molar-refractivity contribution in [2.24, 2.45) is 0 Å². The Morgan fingerprint density at radius 2 is 2.06 bits per heavy atom. The van der Waals surface area contributed by atoms with Crippen LogP contribution < -0.4 is 5.32 Å². The number of hydrogen-bond donors (Lipinski definition) is 1. The molecule has 0 aliphatic carbocycles. The highest BCUT2D eigenvalue weighted by Crippen LogP contribution is 2.24. The van der Waals surface area contributed by atoms with Gasteiger partial charge >= 0.3 is 0 Å². The minimum Gasteiger partial charge on any atom is -0.352 e. The van der Waals surface area contributed by atoms with Crippen molar-refractivity contribution in [2.45, 2.75) is 25.3 Å². The van der Waals surface area contributed by atoms with Gasteiger partial charge in [-0.3, -0.25) is 4.79 Å². The molecule has 0 fully saturated rings. The van der Waals surface area contributed by atoms with Crippen LogP contribution in [0.3, 0.4) is 0 Å². The number of nitrogens with one attached hydrogen (secondary N) is 1. The van der Waals surface area contributed by atoms with Crippen LogP contribution in [0.2, 0.25) is 5.02 Å². The lowest BCUT2D eigenvalue weighted by molar-refractivity contribution is -0.121. The molecule has 0 bridgehead atoms. The fourth-order valence-electron chi connectivity index (χ4n) is 1.18.